The summed E-state index contributed by atoms with van der Waals surface area (Å²) in [6.07, 6.45) is 1.50. The Balaban J connectivity index is 1.46. The zero-order valence-electron chi connectivity index (χ0n) is 9.81. The van der Waals surface area contributed by atoms with Crippen LogP contribution >= 0.6 is 0 Å². The summed E-state index contributed by atoms with van der Waals surface area (Å²) in [5.41, 5.74) is 0. The predicted molar refractivity (Wildman–Crippen MR) is 58.6 cm³/mol. The molecule has 1 N–H and O–H groups in total. The molecule has 6 nitrogen and oxygen atoms in total. The fraction of sp³-hybridized carbons (Fsp3) is 0.909. The second kappa shape index (κ2) is 4.44. The first-order chi connectivity index (χ1) is 8.26. The number of rotatable bonds is 2. The Labute approximate surface area is 100 Å². The molecule has 0 aromatic heterocycles. The van der Waals surface area contributed by atoms with Crippen LogP contribution in [0.15, 0.2) is 0 Å². The minimum absolute atomic E-state index is 0.0121. The van der Waals surface area contributed by atoms with Crippen molar-refractivity contribution in [2.45, 2.75) is 24.7 Å². The number of cyclic esters (lactones) is 1. The molecule has 6 heteroatoms. The highest BCUT2D eigenvalue weighted by atomic mass is 16.7. The number of nitrogens with zero attached hydrogens (tertiary/aromatic N) is 1. The number of alkyl carbamates (subject to hydrolysis) is 1. The van der Waals surface area contributed by atoms with Gasteiger partial charge in [0.05, 0.1) is 19.8 Å². The molecule has 3 fully saturated rings. The lowest BCUT2D eigenvalue weighted by Crippen LogP contribution is -2.47. The van der Waals surface area contributed by atoms with E-state index in [9.17, 15) is 4.79 Å². The first-order valence-corrected chi connectivity index (χ1v) is 6.21. The van der Waals surface area contributed by atoms with Gasteiger partial charge in [0.15, 0.2) is 5.79 Å². The normalized spacial score (nSPS) is 32.7. The molecule has 1 spiro atoms. The third-order valence-electron chi connectivity index (χ3n) is 3.64. The first-order valence-electron chi connectivity index (χ1n) is 6.21. The Morgan fingerprint density at radius 1 is 1.29 bits per heavy atom. The third kappa shape index (κ3) is 2.38. The van der Waals surface area contributed by atoms with Gasteiger partial charge in [0, 0.05) is 32.5 Å². The summed E-state index contributed by atoms with van der Waals surface area (Å²) in [6.45, 7) is 4.72. The summed E-state index contributed by atoms with van der Waals surface area (Å²) in [7, 11) is 0. The Morgan fingerprint density at radius 2 is 2.00 bits per heavy atom. The number of likely N-dealkylation sites (tertiary alicyclic amines) is 1. The van der Waals surface area contributed by atoms with Gasteiger partial charge in [-0.25, -0.2) is 4.79 Å². The zero-order chi connectivity index (χ0) is 11.7. The molecule has 1 atom stereocenters. The number of carbonyl (C=O) groups excluding carboxylic acids is 1. The Bertz CT molecular complexity index is 294. The van der Waals surface area contributed by atoms with Crippen molar-refractivity contribution in [3.05, 3.63) is 0 Å². The number of hydrogen-bond donors (Lipinski definition) is 1. The molecule has 0 aromatic carbocycles. The standard InChI is InChI=1S/C11H18N2O4/c14-10-12-7-9(17-10)8-13-3-1-11(2-4-13)15-5-6-16-11/h9H,1-8H2,(H,12,14). The highest BCUT2D eigenvalue weighted by molar-refractivity contribution is 5.69. The van der Waals surface area contributed by atoms with Crippen LogP contribution in [0, 0.1) is 0 Å². The third-order valence-corrected chi connectivity index (χ3v) is 3.64. The van der Waals surface area contributed by atoms with Crippen molar-refractivity contribution in [2.75, 3.05) is 39.4 Å². The smallest absolute Gasteiger partial charge is 0.407 e. The van der Waals surface area contributed by atoms with Gasteiger partial charge in [-0.3, -0.25) is 4.90 Å². The molecule has 3 aliphatic rings. The van der Waals surface area contributed by atoms with Gasteiger partial charge in [0.1, 0.15) is 6.10 Å². The van der Waals surface area contributed by atoms with E-state index in [1.165, 1.54) is 0 Å². The van der Waals surface area contributed by atoms with Gasteiger partial charge in [0.25, 0.3) is 0 Å². The van der Waals surface area contributed by atoms with Crippen molar-refractivity contribution >= 4 is 6.09 Å². The number of carbonyl (C=O) groups is 1. The molecule has 3 saturated heterocycles. The van der Waals surface area contributed by atoms with Gasteiger partial charge in [-0.15, -0.1) is 0 Å². The Hall–Kier alpha value is -0.850. The second-order valence-corrected chi connectivity index (χ2v) is 4.82. The Morgan fingerprint density at radius 3 is 2.59 bits per heavy atom. The number of ether oxygens (including phenoxy) is 3. The number of nitrogens with one attached hydrogen (secondary N) is 1. The average Bonchev–Trinajstić information content (AvgIpc) is 2.93. The van der Waals surface area contributed by atoms with E-state index in [0.717, 1.165) is 32.5 Å². The van der Waals surface area contributed by atoms with Crippen LogP contribution in [0.25, 0.3) is 0 Å². The van der Waals surface area contributed by atoms with Crippen LogP contribution in [0.3, 0.4) is 0 Å². The summed E-state index contributed by atoms with van der Waals surface area (Å²) in [4.78, 5) is 13.2. The van der Waals surface area contributed by atoms with Crippen LogP contribution in [-0.4, -0.2) is 62.3 Å². The van der Waals surface area contributed by atoms with Crippen LogP contribution in [0.4, 0.5) is 4.79 Å². The van der Waals surface area contributed by atoms with E-state index in [1.54, 1.807) is 0 Å². The van der Waals surface area contributed by atoms with E-state index in [2.05, 4.69) is 10.2 Å². The van der Waals surface area contributed by atoms with Gasteiger partial charge >= 0.3 is 6.09 Å². The minimum Gasteiger partial charge on any atom is -0.443 e. The Kier molecular flexibility index (Phi) is 2.94. The van der Waals surface area contributed by atoms with Crippen molar-refractivity contribution in [3.63, 3.8) is 0 Å². The van der Waals surface area contributed by atoms with Gasteiger partial charge in [0.2, 0.25) is 0 Å². The molecule has 17 heavy (non-hydrogen) atoms. The second-order valence-electron chi connectivity index (χ2n) is 4.82. The largest absolute Gasteiger partial charge is 0.443 e. The predicted octanol–water partition coefficient (Wildman–Crippen LogP) is -0.0663. The minimum atomic E-state index is -0.318. The molecular formula is C11H18N2O4. The van der Waals surface area contributed by atoms with Gasteiger partial charge in [-0.2, -0.15) is 0 Å². The summed E-state index contributed by atoms with van der Waals surface area (Å²) < 4.78 is 16.5. The molecule has 0 aliphatic carbocycles. The fourth-order valence-corrected chi connectivity index (χ4v) is 2.68. The maximum absolute atomic E-state index is 10.9. The average molecular weight is 242 g/mol. The number of piperidine rings is 1. The molecule has 3 heterocycles. The highest BCUT2D eigenvalue weighted by Gasteiger charge is 2.40. The van der Waals surface area contributed by atoms with Gasteiger partial charge in [-0.05, 0) is 0 Å². The van der Waals surface area contributed by atoms with E-state index < -0.39 is 0 Å². The highest BCUT2D eigenvalue weighted by Crippen LogP contribution is 2.31. The summed E-state index contributed by atoms with van der Waals surface area (Å²) in [5, 5.41) is 2.67. The lowest BCUT2D eigenvalue weighted by molar-refractivity contribution is -0.186. The number of hydrogen-bond acceptors (Lipinski definition) is 5. The molecule has 96 valence electrons. The van der Waals surface area contributed by atoms with Gasteiger partial charge < -0.3 is 19.5 Å². The summed E-state index contributed by atoms with van der Waals surface area (Å²) in [5.74, 6) is -0.318. The molecule has 1 amide bonds. The van der Waals surface area contributed by atoms with Crippen molar-refractivity contribution in [3.8, 4) is 0 Å². The molecule has 1 unspecified atom stereocenters. The van der Waals surface area contributed by atoms with Crippen LogP contribution in [0.5, 0.6) is 0 Å². The van der Waals surface area contributed by atoms with Crippen molar-refractivity contribution < 1.29 is 19.0 Å². The van der Waals surface area contributed by atoms with Gasteiger partial charge in [-0.1, -0.05) is 0 Å². The molecule has 3 aliphatic heterocycles. The monoisotopic (exact) mass is 242 g/mol. The molecule has 3 rings (SSSR count). The van der Waals surface area contributed by atoms with Crippen molar-refractivity contribution in [1.29, 1.82) is 0 Å². The maximum atomic E-state index is 10.9. The lowest BCUT2D eigenvalue weighted by Gasteiger charge is -2.38. The number of amides is 1. The topological polar surface area (TPSA) is 60.0 Å². The maximum Gasteiger partial charge on any atom is 0.407 e. The van der Waals surface area contributed by atoms with Crippen LogP contribution in [0.1, 0.15) is 12.8 Å². The molecule has 0 bridgehead atoms. The molecule has 0 saturated carbocycles. The van der Waals surface area contributed by atoms with Crippen LogP contribution < -0.4 is 5.32 Å². The molecule has 0 aromatic rings. The summed E-state index contributed by atoms with van der Waals surface area (Å²) >= 11 is 0. The molecule has 0 radical (unpaired) electrons. The van der Waals surface area contributed by atoms with E-state index in [-0.39, 0.29) is 18.0 Å². The fourth-order valence-electron chi connectivity index (χ4n) is 2.68. The van der Waals surface area contributed by atoms with Crippen molar-refractivity contribution in [1.82, 2.24) is 10.2 Å². The van der Waals surface area contributed by atoms with E-state index in [4.69, 9.17) is 14.2 Å². The van der Waals surface area contributed by atoms with E-state index in [1.807, 2.05) is 0 Å². The van der Waals surface area contributed by atoms with Crippen molar-refractivity contribution in [2.24, 2.45) is 0 Å². The summed E-state index contributed by atoms with van der Waals surface area (Å²) in [6, 6.07) is 0. The quantitative estimate of drug-likeness (QED) is 0.734. The van der Waals surface area contributed by atoms with E-state index in [0.29, 0.717) is 19.8 Å². The van der Waals surface area contributed by atoms with E-state index >= 15 is 0 Å². The zero-order valence-corrected chi connectivity index (χ0v) is 9.81. The van der Waals surface area contributed by atoms with Crippen LogP contribution in [-0.2, 0) is 14.2 Å². The first kappa shape index (κ1) is 11.3. The SMILES string of the molecule is O=C1NCC(CN2CCC3(CC2)OCCO3)O1. The lowest BCUT2D eigenvalue weighted by atomic mass is 10.0. The molecular weight excluding hydrogens is 224 g/mol. The van der Waals surface area contributed by atoms with Crippen LogP contribution in [0.2, 0.25) is 0 Å².